The van der Waals surface area contributed by atoms with E-state index < -0.39 is 0 Å². The van der Waals surface area contributed by atoms with Crippen molar-refractivity contribution in [1.29, 1.82) is 0 Å². The fourth-order valence-electron chi connectivity index (χ4n) is 1.37. The quantitative estimate of drug-likeness (QED) is 0.603. The van der Waals surface area contributed by atoms with Crippen LogP contribution >= 0.6 is 23.2 Å². The first-order chi connectivity index (χ1) is 6.18. The van der Waals surface area contributed by atoms with Gasteiger partial charge in [0.2, 0.25) is 0 Å². The Morgan fingerprint density at radius 2 is 1.77 bits per heavy atom. The van der Waals surface area contributed by atoms with E-state index in [0.717, 1.165) is 26.4 Å². The fourth-order valence-corrected chi connectivity index (χ4v) is 1.77. The van der Waals surface area contributed by atoms with E-state index in [0.29, 0.717) is 0 Å². The van der Waals surface area contributed by atoms with Gasteiger partial charge in [0.1, 0.15) is 0 Å². The molecule has 0 saturated carbocycles. The van der Waals surface area contributed by atoms with Crippen molar-refractivity contribution in [3.05, 3.63) is 45.9 Å². The molecule has 0 unspecified atom stereocenters. The molecule has 0 radical (unpaired) electrons. The zero-order valence-electron chi connectivity index (χ0n) is 7.14. The minimum Gasteiger partial charge on any atom is -0.0840 e. The van der Waals surface area contributed by atoms with E-state index in [2.05, 4.69) is 0 Å². The summed E-state index contributed by atoms with van der Waals surface area (Å²) in [4.78, 5) is 0. The first-order valence-corrected chi connectivity index (χ1v) is 4.78. The van der Waals surface area contributed by atoms with Gasteiger partial charge in [0.15, 0.2) is 0 Å². The molecule has 0 amide bonds. The first kappa shape index (κ1) is 8.86. The van der Waals surface area contributed by atoms with Crippen LogP contribution in [0.4, 0.5) is 0 Å². The molecular formula is C11H8Cl2. The highest BCUT2D eigenvalue weighted by molar-refractivity contribution is 6.37. The third-order valence-electron chi connectivity index (χ3n) is 2.11. The maximum Gasteiger partial charge on any atom is 0.0484 e. The highest BCUT2D eigenvalue weighted by Crippen LogP contribution is 2.28. The normalized spacial score (nSPS) is 10.7. The van der Waals surface area contributed by atoms with Crippen LogP contribution in [0.1, 0.15) is 5.56 Å². The summed E-state index contributed by atoms with van der Waals surface area (Å²) in [5.74, 6) is 0. The van der Waals surface area contributed by atoms with Crippen LogP contribution in [0.2, 0.25) is 10.0 Å². The van der Waals surface area contributed by atoms with Crippen molar-refractivity contribution in [2.75, 3.05) is 0 Å². The van der Waals surface area contributed by atoms with Gasteiger partial charge in [0.05, 0.1) is 0 Å². The number of hydrogen-bond acceptors (Lipinski definition) is 0. The van der Waals surface area contributed by atoms with Crippen molar-refractivity contribution in [3.8, 4) is 0 Å². The minimum atomic E-state index is 0.749. The molecule has 0 N–H and O–H groups in total. The Kier molecular flexibility index (Phi) is 2.19. The summed E-state index contributed by atoms with van der Waals surface area (Å²) in [6.07, 6.45) is 0. The molecule has 0 nitrogen and oxygen atoms in total. The maximum absolute atomic E-state index is 6.02. The van der Waals surface area contributed by atoms with Gasteiger partial charge < -0.3 is 0 Å². The lowest BCUT2D eigenvalue weighted by Gasteiger charge is -2.03. The second-order valence-electron chi connectivity index (χ2n) is 3.06. The molecule has 0 fully saturated rings. The largest absolute Gasteiger partial charge is 0.0840 e. The van der Waals surface area contributed by atoms with E-state index in [9.17, 15) is 0 Å². The van der Waals surface area contributed by atoms with Gasteiger partial charge in [-0.05, 0) is 36.1 Å². The molecule has 0 bridgehead atoms. The van der Waals surface area contributed by atoms with Crippen LogP contribution in [0.15, 0.2) is 30.3 Å². The molecule has 0 aromatic heterocycles. The molecule has 0 saturated heterocycles. The summed E-state index contributed by atoms with van der Waals surface area (Å²) in [7, 11) is 0. The molecule has 0 heterocycles. The summed E-state index contributed by atoms with van der Waals surface area (Å²) in [6.45, 7) is 1.99. The van der Waals surface area contributed by atoms with E-state index >= 15 is 0 Å². The van der Waals surface area contributed by atoms with Crippen LogP contribution in [0, 0.1) is 6.92 Å². The molecule has 66 valence electrons. The second-order valence-corrected chi connectivity index (χ2v) is 3.88. The lowest BCUT2D eigenvalue weighted by Crippen LogP contribution is -1.78. The lowest BCUT2D eigenvalue weighted by atomic mass is 10.1. The predicted molar refractivity (Wildman–Crippen MR) is 58.7 cm³/mol. The van der Waals surface area contributed by atoms with Crippen molar-refractivity contribution in [1.82, 2.24) is 0 Å². The van der Waals surface area contributed by atoms with Crippen LogP contribution in [0.25, 0.3) is 10.8 Å². The number of hydrogen-bond donors (Lipinski definition) is 0. The van der Waals surface area contributed by atoms with Gasteiger partial charge in [-0.25, -0.2) is 0 Å². The summed E-state index contributed by atoms with van der Waals surface area (Å²) < 4.78 is 0. The number of benzene rings is 2. The Morgan fingerprint density at radius 3 is 2.54 bits per heavy atom. The van der Waals surface area contributed by atoms with E-state index in [1.807, 2.05) is 37.3 Å². The molecular weight excluding hydrogens is 203 g/mol. The molecule has 2 aromatic carbocycles. The average molecular weight is 211 g/mol. The summed E-state index contributed by atoms with van der Waals surface area (Å²) in [5.41, 5.74) is 1.08. The van der Waals surface area contributed by atoms with E-state index in [1.165, 1.54) is 0 Å². The molecule has 2 aromatic rings. The smallest absolute Gasteiger partial charge is 0.0484 e. The predicted octanol–water partition coefficient (Wildman–Crippen LogP) is 4.46. The van der Waals surface area contributed by atoms with Gasteiger partial charge in [0.25, 0.3) is 0 Å². The van der Waals surface area contributed by atoms with Crippen molar-refractivity contribution in [3.63, 3.8) is 0 Å². The van der Waals surface area contributed by atoms with Gasteiger partial charge in [-0.2, -0.15) is 0 Å². The molecule has 0 aliphatic carbocycles. The second kappa shape index (κ2) is 3.21. The SMILES string of the molecule is Cc1cc2cccc(Cl)c2cc1Cl. The summed E-state index contributed by atoms with van der Waals surface area (Å²) in [6, 6.07) is 9.80. The molecule has 2 rings (SSSR count). The number of rotatable bonds is 0. The van der Waals surface area contributed by atoms with Crippen molar-refractivity contribution >= 4 is 34.0 Å². The highest BCUT2D eigenvalue weighted by Gasteiger charge is 2.01. The maximum atomic E-state index is 6.02. The zero-order valence-corrected chi connectivity index (χ0v) is 8.65. The molecule has 13 heavy (non-hydrogen) atoms. The average Bonchev–Trinajstić information content (AvgIpc) is 2.09. The Bertz CT molecular complexity index is 461. The first-order valence-electron chi connectivity index (χ1n) is 4.03. The van der Waals surface area contributed by atoms with Crippen molar-refractivity contribution < 1.29 is 0 Å². The Labute approximate surface area is 87.1 Å². The Morgan fingerprint density at radius 1 is 1.00 bits per heavy atom. The van der Waals surface area contributed by atoms with Crippen molar-refractivity contribution in [2.24, 2.45) is 0 Å². The van der Waals surface area contributed by atoms with E-state index in [1.54, 1.807) is 0 Å². The number of halogens is 2. The van der Waals surface area contributed by atoms with Gasteiger partial charge in [-0.1, -0.05) is 35.3 Å². The van der Waals surface area contributed by atoms with E-state index in [-0.39, 0.29) is 0 Å². The Hall–Kier alpha value is -0.720. The van der Waals surface area contributed by atoms with E-state index in [4.69, 9.17) is 23.2 Å². The topological polar surface area (TPSA) is 0 Å². The molecule has 0 aliphatic heterocycles. The third-order valence-corrected chi connectivity index (χ3v) is 2.84. The standard InChI is InChI=1S/C11H8Cl2/c1-7-5-8-3-2-4-10(12)9(8)6-11(7)13/h2-6H,1H3. The minimum absolute atomic E-state index is 0.749. The van der Waals surface area contributed by atoms with Gasteiger partial charge in [0, 0.05) is 15.4 Å². The van der Waals surface area contributed by atoms with Crippen LogP contribution in [-0.2, 0) is 0 Å². The number of fused-ring (bicyclic) bond motifs is 1. The van der Waals surface area contributed by atoms with Gasteiger partial charge >= 0.3 is 0 Å². The van der Waals surface area contributed by atoms with Gasteiger partial charge in [-0.3, -0.25) is 0 Å². The Balaban J connectivity index is 2.89. The number of aryl methyl sites for hydroxylation is 1. The van der Waals surface area contributed by atoms with Crippen LogP contribution in [0.3, 0.4) is 0 Å². The van der Waals surface area contributed by atoms with Gasteiger partial charge in [-0.15, -0.1) is 0 Å². The van der Waals surface area contributed by atoms with Crippen LogP contribution in [0.5, 0.6) is 0 Å². The fraction of sp³-hybridized carbons (Fsp3) is 0.0909. The van der Waals surface area contributed by atoms with Crippen molar-refractivity contribution in [2.45, 2.75) is 6.92 Å². The molecule has 0 aliphatic rings. The highest BCUT2D eigenvalue weighted by atomic mass is 35.5. The summed E-state index contributed by atoms with van der Waals surface area (Å²) in [5, 5.41) is 3.66. The summed E-state index contributed by atoms with van der Waals surface area (Å²) >= 11 is 12.0. The zero-order chi connectivity index (χ0) is 9.42. The molecule has 0 atom stereocenters. The molecule has 2 heteroatoms. The lowest BCUT2D eigenvalue weighted by molar-refractivity contribution is 1.50. The molecule has 0 spiro atoms. The third kappa shape index (κ3) is 1.52. The van der Waals surface area contributed by atoms with Crippen LogP contribution in [-0.4, -0.2) is 0 Å². The monoisotopic (exact) mass is 210 g/mol. The van der Waals surface area contributed by atoms with Crippen LogP contribution < -0.4 is 0 Å².